The number of nitrogens with one attached hydrogen (secondary N) is 2. The fourth-order valence-electron chi connectivity index (χ4n) is 2.32. The number of amides is 1. The van der Waals surface area contributed by atoms with E-state index in [4.69, 9.17) is 0 Å². The first-order chi connectivity index (χ1) is 10.6. The number of H-pyrrole nitrogens is 1. The van der Waals surface area contributed by atoms with Gasteiger partial charge in [0.25, 0.3) is 0 Å². The van der Waals surface area contributed by atoms with Gasteiger partial charge in [-0.25, -0.2) is 4.98 Å². The molecule has 5 nitrogen and oxygen atoms in total. The molecule has 112 valence electrons. The predicted octanol–water partition coefficient (Wildman–Crippen LogP) is 3.61. The van der Waals surface area contributed by atoms with Gasteiger partial charge in [0, 0.05) is 30.1 Å². The molecule has 2 aromatic heterocycles. The van der Waals surface area contributed by atoms with Crippen LogP contribution in [-0.2, 0) is 4.79 Å². The molecule has 0 atom stereocenters. The van der Waals surface area contributed by atoms with E-state index in [1.807, 2.05) is 44.2 Å². The van der Waals surface area contributed by atoms with E-state index in [9.17, 15) is 4.79 Å². The molecule has 2 N–H and O–H groups in total. The topological polar surface area (TPSA) is 70.7 Å². The largest absolute Gasteiger partial charge is 0.338 e. The number of aromatic amines is 1. The fourth-order valence-corrected chi connectivity index (χ4v) is 2.32. The fraction of sp³-hybridized carbons (Fsp3) is 0.235. The van der Waals surface area contributed by atoms with Crippen molar-refractivity contribution in [2.45, 2.75) is 20.3 Å². The number of fused-ring (bicyclic) bond motifs is 1. The number of carbonyl (C=O) groups excluding carboxylic acids is 1. The Morgan fingerprint density at radius 2 is 2.00 bits per heavy atom. The minimum absolute atomic E-state index is 0.0308. The second kappa shape index (κ2) is 5.97. The van der Waals surface area contributed by atoms with Crippen LogP contribution < -0.4 is 5.32 Å². The van der Waals surface area contributed by atoms with Crippen LogP contribution in [0.1, 0.15) is 20.3 Å². The maximum Gasteiger partial charge on any atom is 0.224 e. The summed E-state index contributed by atoms with van der Waals surface area (Å²) in [6.45, 7) is 4.05. The van der Waals surface area contributed by atoms with E-state index in [1.54, 1.807) is 12.4 Å². The van der Waals surface area contributed by atoms with Crippen molar-refractivity contribution in [2.24, 2.45) is 5.92 Å². The number of nitrogens with zero attached hydrogens (tertiary/aromatic N) is 2. The molecule has 3 aromatic rings. The van der Waals surface area contributed by atoms with E-state index in [0.29, 0.717) is 12.3 Å². The van der Waals surface area contributed by atoms with E-state index in [1.165, 1.54) is 0 Å². The highest BCUT2D eigenvalue weighted by Crippen LogP contribution is 2.22. The summed E-state index contributed by atoms with van der Waals surface area (Å²) in [5.41, 5.74) is 3.53. The first kappa shape index (κ1) is 14.3. The first-order valence-electron chi connectivity index (χ1n) is 7.32. The lowest BCUT2D eigenvalue weighted by atomic mass is 10.1. The molecule has 1 aromatic carbocycles. The van der Waals surface area contributed by atoms with E-state index in [-0.39, 0.29) is 5.91 Å². The molecule has 3 rings (SSSR count). The van der Waals surface area contributed by atoms with Gasteiger partial charge in [-0.15, -0.1) is 0 Å². The average molecular weight is 294 g/mol. The summed E-state index contributed by atoms with van der Waals surface area (Å²) in [6, 6.07) is 9.50. The Morgan fingerprint density at radius 3 is 2.73 bits per heavy atom. The highest BCUT2D eigenvalue weighted by Gasteiger charge is 2.08. The van der Waals surface area contributed by atoms with Gasteiger partial charge < -0.3 is 10.3 Å². The Bertz CT molecular complexity index is 793. The molecule has 0 bridgehead atoms. The summed E-state index contributed by atoms with van der Waals surface area (Å²) >= 11 is 0. The Morgan fingerprint density at radius 1 is 1.23 bits per heavy atom. The van der Waals surface area contributed by atoms with E-state index >= 15 is 0 Å². The van der Waals surface area contributed by atoms with Gasteiger partial charge in [0.15, 0.2) is 0 Å². The number of imidazole rings is 1. The van der Waals surface area contributed by atoms with E-state index in [0.717, 1.165) is 28.1 Å². The van der Waals surface area contributed by atoms with Gasteiger partial charge in [-0.1, -0.05) is 13.8 Å². The summed E-state index contributed by atoms with van der Waals surface area (Å²) in [5.74, 6) is 1.17. The quantitative estimate of drug-likeness (QED) is 0.772. The van der Waals surface area contributed by atoms with Crippen molar-refractivity contribution < 1.29 is 4.79 Å². The number of rotatable bonds is 4. The van der Waals surface area contributed by atoms with Crippen LogP contribution in [0.4, 0.5) is 5.69 Å². The summed E-state index contributed by atoms with van der Waals surface area (Å²) in [5, 5.41) is 2.92. The van der Waals surface area contributed by atoms with Crippen molar-refractivity contribution in [3.8, 4) is 11.4 Å². The van der Waals surface area contributed by atoms with Crippen molar-refractivity contribution in [3.05, 3.63) is 42.7 Å². The van der Waals surface area contributed by atoms with Gasteiger partial charge in [0.05, 0.1) is 11.0 Å². The summed E-state index contributed by atoms with van der Waals surface area (Å²) in [6.07, 6.45) is 3.99. The molecular formula is C17H18N4O. The third-order valence-corrected chi connectivity index (χ3v) is 3.31. The second-order valence-corrected chi connectivity index (χ2v) is 5.70. The van der Waals surface area contributed by atoms with Gasteiger partial charge in [-0.05, 0) is 36.2 Å². The Labute approximate surface area is 128 Å². The molecule has 0 aliphatic carbocycles. The molecule has 1 amide bonds. The van der Waals surface area contributed by atoms with Crippen LogP contribution >= 0.6 is 0 Å². The number of carbonyl (C=O) groups is 1. The summed E-state index contributed by atoms with van der Waals surface area (Å²) in [4.78, 5) is 23.7. The molecule has 0 aliphatic heterocycles. The number of anilines is 1. The molecule has 0 radical (unpaired) electrons. The molecule has 0 unspecified atom stereocenters. The van der Waals surface area contributed by atoms with Crippen LogP contribution in [0, 0.1) is 5.92 Å². The molecule has 0 saturated carbocycles. The van der Waals surface area contributed by atoms with Gasteiger partial charge in [0.2, 0.25) is 5.91 Å². The minimum Gasteiger partial charge on any atom is -0.338 e. The maximum absolute atomic E-state index is 11.8. The SMILES string of the molecule is CC(C)CC(=O)Nc1ccc2nc(-c3ccncc3)[nH]c2c1. The van der Waals surface area contributed by atoms with Crippen LogP contribution in [0.15, 0.2) is 42.7 Å². The number of hydrogen-bond donors (Lipinski definition) is 2. The molecular weight excluding hydrogens is 276 g/mol. The van der Waals surface area contributed by atoms with Gasteiger partial charge in [-0.2, -0.15) is 0 Å². The maximum atomic E-state index is 11.8. The van der Waals surface area contributed by atoms with Crippen LogP contribution in [-0.4, -0.2) is 20.9 Å². The van der Waals surface area contributed by atoms with Crippen LogP contribution in [0.3, 0.4) is 0 Å². The molecule has 0 spiro atoms. The Balaban J connectivity index is 1.86. The molecule has 22 heavy (non-hydrogen) atoms. The first-order valence-corrected chi connectivity index (χ1v) is 7.32. The van der Waals surface area contributed by atoms with Gasteiger partial charge in [0.1, 0.15) is 5.82 Å². The zero-order valence-corrected chi connectivity index (χ0v) is 12.6. The average Bonchev–Trinajstić information content (AvgIpc) is 2.90. The van der Waals surface area contributed by atoms with Crippen molar-refractivity contribution in [1.82, 2.24) is 15.0 Å². The number of benzene rings is 1. The number of pyridine rings is 1. The van der Waals surface area contributed by atoms with Crippen LogP contribution in [0.5, 0.6) is 0 Å². The zero-order chi connectivity index (χ0) is 15.5. The standard InChI is InChI=1S/C17H18N4O/c1-11(2)9-16(22)19-13-3-4-14-15(10-13)21-17(20-14)12-5-7-18-8-6-12/h3-8,10-11H,9H2,1-2H3,(H,19,22)(H,20,21). The summed E-state index contributed by atoms with van der Waals surface area (Å²) in [7, 11) is 0. The van der Waals surface area contributed by atoms with Gasteiger partial charge >= 0.3 is 0 Å². The summed E-state index contributed by atoms with van der Waals surface area (Å²) < 4.78 is 0. The third-order valence-electron chi connectivity index (χ3n) is 3.31. The lowest BCUT2D eigenvalue weighted by Gasteiger charge is -2.06. The normalized spacial score (nSPS) is 11.0. The van der Waals surface area contributed by atoms with E-state index < -0.39 is 0 Å². The third kappa shape index (κ3) is 3.14. The number of hydrogen-bond acceptors (Lipinski definition) is 3. The monoisotopic (exact) mass is 294 g/mol. The van der Waals surface area contributed by atoms with Crippen molar-refractivity contribution >= 4 is 22.6 Å². The highest BCUT2D eigenvalue weighted by molar-refractivity contribution is 5.93. The highest BCUT2D eigenvalue weighted by atomic mass is 16.1. The smallest absolute Gasteiger partial charge is 0.224 e. The van der Waals surface area contributed by atoms with Gasteiger partial charge in [-0.3, -0.25) is 9.78 Å². The molecule has 2 heterocycles. The zero-order valence-electron chi connectivity index (χ0n) is 12.6. The molecule has 0 fully saturated rings. The Hall–Kier alpha value is -2.69. The second-order valence-electron chi connectivity index (χ2n) is 5.70. The molecule has 5 heteroatoms. The van der Waals surface area contributed by atoms with Crippen molar-refractivity contribution in [2.75, 3.05) is 5.32 Å². The van der Waals surface area contributed by atoms with E-state index in [2.05, 4.69) is 20.3 Å². The lowest BCUT2D eigenvalue weighted by molar-refractivity contribution is -0.116. The minimum atomic E-state index is 0.0308. The molecule has 0 saturated heterocycles. The van der Waals surface area contributed by atoms with Crippen LogP contribution in [0.2, 0.25) is 0 Å². The Kier molecular flexibility index (Phi) is 3.87. The number of aromatic nitrogens is 3. The van der Waals surface area contributed by atoms with Crippen molar-refractivity contribution in [3.63, 3.8) is 0 Å². The lowest BCUT2D eigenvalue weighted by Crippen LogP contribution is -2.13. The molecule has 0 aliphatic rings. The van der Waals surface area contributed by atoms with Crippen molar-refractivity contribution in [1.29, 1.82) is 0 Å². The predicted molar refractivity (Wildman–Crippen MR) is 87.4 cm³/mol. The van der Waals surface area contributed by atoms with Crippen LogP contribution in [0.25, 0.3) is 22.4 Å².